The summed E-state index contributed by atoms with van der Waals surface area (Å²) in [5.41, 5.74) is 0.927. The van der Waals surface area contributed by atoms with Gasteiger partial charge in [-0.1, -0.05) is 13.8 Å². The quantitative estimate of drug-likeness (QED) is 0.657. The number of nitrogens with one attached hydrogen (secondary N) is 1. The third-order valence-electron chi connectivity index (χ3n) is 1.13. The molecule has 0 saturated carbocycles. The second-order valence-electron chi connectivity index (χ2n) is 1.76. The maximum atomic E-state index is 12.2. The lowest BCUT2D eigenvalue weighted by Crippen LogP contribution is -1.86. The summed E-state index contributed by atoms with van der Waals surface area (Å²) < 4.78 is 12.2. The van der Waals surface area contributed by atoms with Crippen molar-refractivity contribution in [1.82, 2.24) is 0 Å². The van der Waals surface area contributed by atoms with Crippen molar-refractivity contribution in [3.05, 3.63) is 30.1 Å². The molecule has 1 nitrogen and oxygen atoms in total. The Kier molecular flexibility index (Phi) is 5.17. The van der Waals surface area contributed by atoms with Crippen LogP contribution in [0.15, 0.2) is 24.3 Å². The zero-order valence-corrected chi connectivity index (χ0v) is 7.19. The van der Waals surface area contributed by atoms with Crippen molar-refractivity contribution >= 4 is 5.69 Å². The van der Waals surface area contributed by atoms with E-state index < -0.39 is 0 Å². The molecule has 0 radical (unpaired) electrons. The maximum absolute atomic E-state index is 12.2. The molecule has 0 aliphatic carbocycles. The van der Waals surface area contributed by atoms with Gasteiger partial charge in [0.05, 0.1) is 0 Å². The van der Waals surface area contributed by atoms with Crippen LogP contribution in [-0.4, -0.2) is 7.05 Å². The van der Waals surface area contributed by atoms with E-state index >= 15 is 0 Å². The molecule has 0 saturated heterocycles. The lowest BCUT2D eigenvalue weighted by atomic mass is 10.3. The van der Waals surface area contributed by atoms with Crippen LogP contribution in [0.25, 0.3) is 0 Å². The van der Waals surface area contributed by atoms with Crippen LogP contribution < -0.4 is 5.32 Å². The summed E-state index contributed by atoms with van der Waals surface area (Å²) in [5, 5.41) is 2.89. The first kappa shape index (κ1) is 9.95. The highest BCUT2D eigenvalue weighted by Crippen LogP contribution is 2.05. The molecule has 1 aromatic carbocycles. The van der Waals surface area contributed by atoms with Gasteiger partial charge >= 0.3 is 0 Å². The monoisotopic (exact) mass is 155 g/mol. The fourth-order valence-electron chi connectivity index (χ4n) is 0.617. The molecule has 2 heteroatoms. The van der Waals surface area contributed by atoms with Crippen molar-refractivity contribution < 1.29 is 4.39 Å². The Morgan fingerprint density at radius 2 is 1.55 bits per heavy atom. The fourth-order valence-corrected chi connectivity index (χ4v) is 0.617. The van der Waals surface area contributed by atoms with Crippen molar-refractivity contribution in [2.75, 3.05) is 12.4 Å². The Labute approximate surface area is 67.2 Å². The molecule has 0 fully saturated rings. The molecule has 1 rings (SSSR count). The fraction of sp³-hybridized carbons (Fsp3) is 0.333. The minimum atomic E-state index is -0.200. The van der Waals surface area contributed by atoms with E-state index in [-0.39, 0.29) is 5.82 Å². The smallest absolute Gasteiger partial charge is 0.123 e. The van der Waals surface area contributed by atoms with Gasteiger partial charge in [-0.25, -0.2) is 4.39 Å². The second-order valence-corrected chi connectivity index (χ2v) is 1.76. The maximum Gasteiger partial charge on any atom is 0.123 e. The average molecular weight is 155 g/mol. The molecule has 0 aliphatic rings. The standard InChI is InChI=1S/C7H8FN.C2H6/c1-9-7-4-2-6(8)3-5-7;1-2/h2-5,9H,1H3;1-2H3. The van der Waals surface area contributed by atoms with Gasteiger partial charge in [-0.15, -0.1) is 0 Å². The zero-order chi connectivity index (χ0) is 8.69. The Hall–Kier alpha value is -1.05. The number of hydrogen-bond donors (Lipinski definition) is 1. The van der Waals surface area contributed by atoms with E-state index in [4.69, 9.17) is 0 Å². The van der Waals surface area contributed by atoms with Crippen LogP contribution in [0.1, 0.15) is 13.8 Å². The Balaban J connectivity index is 0.000000461. The van der Waals surface area contributed by atoms with E-state index in [0.29, 0.717) is 0 Å². The topological polar surface area (TPSA) is 12.0 Å². The lowest BCUT2D eigenvalue weighted by Gasteiger charge is -1.95. The summed E-state index contributed by atoms with van der Waals surface area (Å²) in [6, 6.07) is 6.22. The molecule has 0 unspecified atom stereocenters. The first-order valence-electron chi connectivity index (χ1n) is 3.76. The normalized spacial score (nSPS) is 8.00. The van der Waals surface area contributed by atoms with Crippen molar-refractivity contribution in [2.45, 2.75) is 13.8 Å². The van der Waals surface area contributed by atoms with Crippen molar-refractivity contribution in [3.8, 4) is 0 Å². The molecular weight excluding hydrogens is 141 g/mol. The minimum absolute atomic E-state index is 0.200. The van der Waals surface area contributed by atoms with E-state index in [1.165, 1.54) is 12.1 Å². The lowest BCUT2D eigenvalue weighted by molar-refractivity contribution is 0.628. The van der Waals surface area contributed by atoms with Gasteiger partial charge in [0, 0.05) is 12.7 Å². The Morgan fingerprint density at radius 1 is 1.09 bits per heavy atom. The van der Waals surface area contributed by atoms with Crippen molar-refractivity contribution in [3.63, 3.8) is 0 Å². The van der Waals surface area contributed by atoms with E-state index in [1.807, 2.05) is 13.8 Å². The summed E-state index contributed by atoms with van der Waals surface area (Å²) in [5.74, 6) is -0.200. The zero-order valence-electron chi connectivity index (χ0n) is 7.19. The first-order chi connectivity index (χ1) is 5.33. The summed E-state index contributed by atoms with van der Waals surface area (Å²) >= 11 is 0. The number of benzene rings is 1. The number of anilines is 1. The van der Waals surface area contributed by atoms with Gasteiger partial charge in [0.2, 0.25) is 0 Å². The molecule has 62 valence electrons. The van der Waals surface area contributed by atoms with E-state index in [1.54, 1.807) is 19.2 Å². The molecule has 0 spiro atoms. The third-order valence-corrected chi connectivity index (χ3v) is 1.13. The summed E-state index contributed by atoms with van der Waals surface area (Å²) in [7, 11) is 1.80. The van der Waals surface area contributed by atoms with Gasteiger partial charge in [-0.3, -0.25) is 0 Å². The van der Waals surface area contributed by atoms with Gasteiger partial charge < -0.3 is 5.32 Å². The van der Waals surface area contributed by atoms with Crippen molar-refractivity contribution in [1.29, 1.82) is 0 Å². The van der Waals surface area contributed by atoms with E-state index in [2.05, 4.69) is 5.32 Å². The van der Waals surface area contributed by atoms with Crippen LogP contribution in [-0.2, 0) is 0 Å². The highest BCUT2D eigenvalue weighted by Gasteiger charge is 1.86. The van der Waals surface area contributed by atoms with Gasteiger partial charge in [-0.2, -0.15) is 0 Å². The number of rotatable bonds is 1. The van der Waals surface area contributed by atoms with Gasteiger partial charge in [-0.05, 0) is 24.3 Å². The van der Waals surface area contributed by atoms with Crippen LogP contribution in [0, 0.1) is 5.82 Å². The van der Waals surface area contributed by atoms with Crippen LogP contribution in [0.4, 0.5) is 10.1 Å². The molecule has 0 aromatic heterocycles. The molecular formula is C9H14FN. The first-order valence-corrected chi connectivity index (χ1v) is 3.76. The molecule has 0 heterocycles. The number of halogens is 1. The SMILES string of the molecule is CC.CNc1ccc(F)cc1. The molecule has 1 N–H and O–H groups in total. The molecule has 0 bridgehead atoms. The number of hydrogen-bond acceptors (Lipinski definition) is 1. The van der Waals surface area contributed by atoms with E-state index in [0.717, 1.165) is 5.69 Å². The van der Waals surface area contributed by atoms with Crippen LogP contribution in [0.2, 0.25) is 0 Å². The van der Waals surface area contributed by atoms with Crippen molar-refractivity contribution in [2.24, 2.45) is 0 Å². The average Bonchev–Trinajstić information content (AvgIpc) is 2.10. The highest BCUT2D eigenvalue weighted by atomic mass is 19.1. The third kappa shape index (κ3) is 3.61. The largest absolute Gasteiger partial charge is 0.388 e. The van der Waals surface area contributed by atoms with E-state index in [9.17, 15) is 4.39 Å². The van der Waals surface area contributed by atoms with Gasteiger partial charge in [0.1, 0.15) is 5.82 Å². The summed E-state index contributed by atoms with van der Waals surface area (Å²) in [4.78, 5) is 0. The molecule has 0 amide bonds. The summed E-state index contributed by atoms with van der Waals surface area (Å²) in [6.07, 6.45) is 0. The predicted octanol–water partition coefficient (Wildman–Crippen LogP) is 2.89. The van der Waals surface area contributed by atoms with Crippen LogP contribution >= 0.6 is 0 Å². The Morgan fingerprint density at radius 3 is 1.91 bits per heavy atom. The molecule has 11 heavy (non-hydrogen) atoms. The van der Waals surface area contributed by atoms with Gasteiger partial charge in [0.25, 0.3) is 0 Å². The second kappa shape index (κ2) is 5.71. The van der Waals surface area contributed by atoms with Crippen LogP contribution in [0.3, 0.4) is 0 Å². The Bertz CT molecular complexity index is 181. The summed E-state index contributed by atoms with van der Waals surface area (Å²) in [6.45, 7) is 4.00. The predicted molar refractivity (Wildman–Crippen MR) is 47.3 cm³/mol. The van der Waals surface area contributed by atoms with Crippen LogP contribution in [0.5, 0.6) is 0 Å². The minimum Gasteiger partial charge on any atom is -0.388 e. The van der Waals surface area contributed by atoms with Gasteiger partial charge in [0.15, 0.2) is 0 Å². The molecule has 1 aromatic rings. The highest BCUT2D eigenvalue weighted by molar-refractivity contribution is 5.41. The molecule has 0 aliphatic heterocycles. The molecule has 0 atom stereocenters.